The number of H-pyrrole nitrogens is 1. The van der Waals surface area contributed by atoms with Crippen LogP contribution in [0, 0.1) is 0 Å². The van der Waals surface area contributed by atoms with E-state index in [1.54, 1.807) is 0 Å². The Labute approximate surface area is 98.0 Å². The van der Waals surface area contributed by atoms with E-state index in [1.165, 1.54) is 24.9 Å². The molecule has 1 aromatic heterocycles. The highest BCUT2D eigenvalue weighted by Gasteiger charge is 2.21. The Hall–Kier alpha value is -0.800. The van der Waals surface area contributed by atoms with Crippen LogP contribution in [0.3, 0.4) is 0 Å². The molecule has 1 unspecified atom stereocenters. The lowest BCUT2D eigenvalue weighted by atomic mass is 9.86. The number of rotatable bonds is 5. The molecule has 1 saturated heterocycles. The molecule has 1 aliphatic heterocycles. The van der Waals surface area contributed by atoms with Crippen LogP contribution >= 0.6 is 0 Å². The first-order chi connectivity index (χ1) is 7.68. The van der Waals surface area contributed by atoms with Gasteiger partial charge in [-0.15, -0.1) is 0 Å². The summed E-state index contributed by atoms with van der Waals surface area (Å²) in [6.45, 7) is 7.88. The van der Waals surface area contributed by atoms with Crippen LogP contribution < -0.4 is 10.6 Å². The normalized spacial score (nSPS) is 21.5. The lowest BCUT2D eigenvalue weighted by Gasteiger charge is -2.25. The number of hydrogen-bond acceptors (Lipinski definition) is 2. The van der Waals surface area contributed by atoms with Crippen LogP contribution in [0.5, 0.6) is 0 Å². The highest BCUT2D eigenvalue weighted by Crippen LogP contribution is 2.21. The highest BCUT2D eigenvalue weighted by molar-refractivity contribution is 5.20. The van der Waals surface area contributed by atoms with Gasteiger partial charge in [0.25, 0.3) is 0 Å². The van der Waals surface area contributed by atoms with Crippen LogP contribution in [-0.2, 0) is 5.41 Å². The molecule has 0 saturated carbocycles. The zero-order valence-corrected chi connectivity index (χ0v) is 10.3. The minimum Gasteiger partial charge on any atom is -0.367 e. The summed E-state index contributed by atoms with van der Waals surface area (Å²) in [7, 11) is 0. The van der Waals surface area contributed by atoms with Crippen molar-refractivity contribution in [3.05, 3.63) is 24.0 Å². The first kappa shape index (κ1) is 11.7. The summed E-state index contributed by atoms with van der Waals surface area (Å²) in [6, 6.07) is 2.84. The van der Waals surface area contributed by atoms with Gasteiger partial charge in [0.15, 0.2) is 0 Å². The maximum absolute atomic E-state index is 3.58. The van der Waals surface area contributed by atoms with Crippen molar-refractivity contribution < 1.29 is 0 Å². The van der Waals surface area contributed by atoms with E-state index in [4.69, 9.17) is 0 Å². The van der Waals surface area contributed by atoms with Crippen LogP contribution in [0.15, 0.2) is 18.5 Å². The fourth-order valence-electron chi connectivity index (χ4n) is 2.34. The van der Waals surface area contributed by atoms with Gasteiger partial charge in [-0.2, -0.15) is 0 Å². The molecule has 3 N–H and O–H groups in total. The third-order valence-electron chi connectivity index (χ3n) is 3.50. The van der Waals surface area contributed by atoms with Gasteiger partial charge in [-0.05, 0) is 31.0 Å². The summed E-state index contributed by atoms with van der Waals surface area (Å²) in [5, 5.41) is 7.09. The fraction of sp³-hybridized carbons (Fsp3) is 0.692. The lowest BCUT2D eigenvalue weighted by molar-refractivity contribution is 0.442. The first-order valence-corrected chi connectivity index (χ1v) is 6.26. The molecule has 0 amide bonds. The van der Waals surface area contributed by atoms with Crippen molar-refractivity contribution in [3.8, 4) is 0 Å². The first-order valence-electron chi connectivity index (χ1n) is 6.26. The summed E-state index contributed by atoms with van der Waals surface area (Å²) in [5.74, 6) is 0. The molecule has 2 rings (SSSR count). The van der Waals surface area contributed by atoms with Crippen molar-refractivity contribution in [1.29, 1.82) is 0 Å². The van der Waals surface area contributed by atoms with Crippen molar-refractivity contribution in [2.45, 2.75) is 38.1 Å². The van der Waals surface area contributed by atoms with Crippen LogP contribution in [0.25, 0.3) is 0 Å². The molecule has 3 heteroatoms. The van der Waals surface area contributed by atoms with E-state index < -0.39 is 0 Å². The Morgan fingerprint density at radius 1 is 1.50 bits per heavy atom. The lowest BCUT2D eigenvalue weighted by Crippen LogP contribution is -2.39. The third-order valence-corrected chi connectivity index (χ3v) is 3.50. The van der Waals surface area contributed by atoms with Gasteiger partial charge in [0.1, 0.15) is 0 Å². The number of aromatic amines is 1. The van der Waals surface area contributed by atoms with Gasteiger partial charge >= 0.3 is 0 Å². The van der Waals surface area contributed by atoms with Gasteiger partial charge < -0.3 is 15.6 Å². The van der Waals surface area contributed by atoms with E-state index in [1.807, 2.05) is 6.20 Å². The molecule has 1 aromatic rings. The largest absolute Gasteiger partial charge is 0.367 e. The van der Waals surface area contributed by atoms with Gasteiger partial charge in [0.2, 0.25) is 0 Å². The number of aromatic nitrogens is 1. The second kappa shape index (κ2) is 5.02. The Morgan fingerprint density at radius 3 is 3.00 bits per heavy atom. The molecule has 2 heterocycles. The fourth-order valence-corrected chi connectivity index (χ4v) is 2.34. The topological polar surface area (TPSA) is 39.8 Å². The van der Waals surface area contributed by atoms with Crippen molar-refractivity contribution in [2.24, 2.45) is 0 Å². The molecular formula is C13H23N3. The van der Waals surface area contributed by atoms with Gasteiger partial charge in [-0.3, -0.25) is 0 Å². The van der Waals surface area contributed by atoms with Crippen LogP contribution in [-0.4, -0.2) is 30.7 Å². The number of nitrogens with one attached hydrogen (secondary N) is 3. The zero-order chi connectivity index (χ0) is 11.4. The van der Waals surface area contributed by atoms with E-state index >= 15 is 0 Å². The Balaban J connectivity index is 1.76. The second-order valence-corrected chi connectivity index (χ2v) is 5.41. The van der Waals surface area contributed by atoms with E-state index in [-0.39, 0.29) is 5.41 Å². The van der Waals surface area contributed by atoms with Crippen molar-refractivity contribution in [3.63, 3.8) is 0 Å². The molecule has 16 heavy (non-hydrogen) atoms. The van der Waals surface area contributed by atoms with Crippen molar-refractivity contribution in [2.75, 3.05) is 19.6 Å². The molecule has 0 radical (unpaired) electrons. The monoisotopic (exact) mass is 221 g/mol. The summed E-state index contributed by atoms with van der Waals surface area (Å²) in [6.07, 6.45) is 6.73. The average Bonchev–Trinajstić information content (AvgIpc) is 2.90. The van der Waals surface area contributed by atoms with E-state index in [9.17, 15) is 0 Å². The molecule has 90 valence electrons. The van der Waals surface area contributed by atoms with Gasteiger partial charge in [0, 0.05) is 36.9 Å². The Bertz CT molecular complexity index is 297. The SMILES string of the molecule is CC(C)(CNCC1CCCN1)c1cc[nH]c1. The zero-order valence-electron chi connectivity index (χ0n) is 10.3. The Kier molecular flexibility index (Phi) is 3.66. The quantitative estimate of drug-likeness (QED) is 0.707. The second-order valence-electron chi connectivity index (χ2n) is 5.41. The predicted molar refractivity (Wildman–Crippen MR) is 67.7 cm³/mol. The maximum atomic E-state index is 3.58. The molecule has 1 atom stereocenters. The smallest absolute Gasteiger partial charge is 0.0192 e. The molecule has 0 aromatic carbocycles. The summed E-state index contributed by atoms with van der Waals surface area (Å²) in [5.41, 5.74) is 1.58. The molecular weight excluding hydrogens is 198 g/mol. The predicted octanol–water partition coefficient (Wildman–Crippen LogP) is 1.63. The standard InChI is InChI=1S/C13H23N3/c1-13(2,11-5-7-14-8-11)10-15-9-12-4-3-6-16-12/h5,7-8,12,14-16H,3-4,6,9-10H2,1-2H3. The average molecular weight is 221 g/mol. The molecule has 0 spiro atoms. The summed E-state index contributed by atoms with van der Waals surface area (Å²) < 4.78 is 0. The molecule has 0 aliphatic carbocycles. The molecule has 0 bridgehead atoms. The van der Waals surface area contributed by atoms with Crippen LogP contribution in [0.2, 0.25) is 0 Å². The Morgan fingerprint density at radius 2 is 2.38 bits per heavy atom. The third kappa shape index (κ3) is 2.86. The van der Waals surface area contributed by atoms with Gasteiger partial charge in [0.05, 0.1) is 0 Å². The van der Waals surface area contributed by atoms with Crippen molar-refractivity contribution in [1.82, 2.24) is 15.6 Å². The highest BCUT2D eigenvalue weighted by atomic mass is 15.0. The molecule has 3 nitrogen and oxygen atoms in total. The molecule has 1 aliphatic rings. The van der Waals surface area contributed by atoms with Crippen molar-refractivity contribution >= 4 is 0 Å². The molecule has 1 fully saturated rings. The van der Waals surface area contributed by atoms with E-state index in [0.29, 0.717) is 6.04 Å². The van der Waals surface area contributed by atoms with E-state index in [2.05, 4.69) is 41.7 Å². The van der Waals surface area contributed by atoms with Crippen LogP contribution in [0.4, 0.5) is 0 Å². The number of hydrogen-bond donors (Lipinski definition) is 3. The van der Waals surface area contributed by atoms with Gasteiger partial charge in [-0.1, -0.05) is 13.8 Å². The van der Waals surface area contributed by atoms with Crippen LogP contribution in [0.1, 0.15) is 32.3 Å². The summed E-state index contributed by atoms with van der Waals surface area (Å²) in [4.78, 5) is 3.13. The minimum absolute atomic E-state index is 0.207. The minimum atomic E-state index is 0.207. The van der Waals surface area contributed by atoms with E-state index in [0.717, 1.165) is 13.1 Å². The summed E-state index contributed by atoms with van der Waals surface area (Å²) >= 11 is 0. The van der Waals surface area contributed by atoms with Gasteiger partial charge in [-0.25, -0.2) is 0 Å². The maximum Gasteiger partial charge on any atom is 0.0192 e.